The molecule has 2 rings (SSSR count). The number of carbonyl (C=O) groups is 2. The number of H-pyrrole nitrogens is 1. The summed E-state index contributed by atoms with van der Waals surface area (Å²) in [5, 5.41) is 11.5. The van der Waals surface area contributed by atoms with E-state index in [1.807, 2.05) is 0 Å². The zero-order valence-electron chi connectivity index (χ0n) is 10.6. The van der Waals surface area contributed by atoms with Crippen LogP contribution in [0.25, 0.3) is 0 Å². The van der Waals surface area contributed by atoms with Gasteiger partial charge in [0.1, 0.15) is 11.9 Å². The molecule has 1 aromatic heterocycles. The van der Waals surface area contributed by atoms with Crippen LogP contribution in [-0.4, -0.2) is 33.0 Å². The lowest BCUT2D eigenvalue weighted by Crippen LogP contribution is -2.42. The lowest BCUT2D eigenvalue weighted by Gasteiger charge is -2.13. The first-order valence-corrected chi connectivity index (χ1v) is 6.72. The topological polar surface area (TPSA) is 95.1 Å². The summed E-state index contributed by atoms with van der Waals surface area (Å²) >= 11 is 2.98. The van der Waals surface area contributed by atoms with Crippen LogP contribution in [0, 0.1) is 5.82 Å². The highest BCUT2D eigenvalue weighted by atomic mass is 79.9. The minimum absolute atomic E-state index is 0.0477. The van der Waals surface area contributed by atoms with Gasteiger partial charge in [0, 0.05) is 23.9 Å². The van der Waals surface area contributed by atoms with Crippen molar-refractivity contribution in [2.75, 3.05) is 0 Å². The second kappa shape index (κ2) is 6.49. The van der Waals surface area contributed by atoms with Crippen LogP contribution in [0.2, 0.25) is 0 Å². The van der Waals surface area contributed by atoms with Gasteiger partial charge in [-0.2, -0.15) is 0 Å². The minimum atomic E-state index is -1.18. The fourth-order valence-corrected chi connectivity index (χ4v) is 1.94. The zero-order valence-corrected chi connectivity index (χ0v) is 12.2. The molecule has 1 aromatic carbocycles. The van der Waals surface area contributed by atoms with E-state index in [9.17, 15) is 14.0 Å². The van der Waals surface area contributed by atoms with E-state index >= 15 is 0 Å². The minimum Gasteiger partial charge on any atom is -0.480 e. The Kier molecular flexibility index (Phi) is 4.69. The summed E-state index contributed by atoms with van der Waals surface area (Å²) in [5.41, 5.74) is 0.622. The summed E-state index contributed by atoms with van der Waals surface area (Å²) < 4.78 is 13.6. The highest BCUT2D eigenvalue weighted by molar-refractivity contribution is 9.10. The van der Waals surface area contributed by atoms with E-state index in [0.717, 1.165) is 6.07 Å². The molecule has 0 bridgehead atoms. The maximum atomic E-state index is 13.4. The monoisotopic (exact) mass is 355 g/mol. The molecule has 0 spiro atoms. The van der Waals surface area contributed by atoms with E-state index in [4.69, 9.17) is 5.11 Å². The van der Waals surface area contributed by atoms with Crippen molar-refractivity contribution in [2.24, 2.45) is 0 Å². The van der Waals surface area contributed by atoms with E-state index in [2.05, 4.69) is 31.2 Å². The molecule has 21 heavy (non-hydrogen) atoms. The predicted molar refractivity (Wildman–Crippen MR) is 75.3 cm³/mol. The second-order valence-corrected chi connectivity index (χ2v) is 5.13. The number of carbonyl (C=O) groups excluding carboxylic acids is 1. The molecule has 0 aliphatic carbocycles. The van der Waals surface area contributed by atoms with Gasteiger partial charge in [0.15, 0.2) is 0 Å². The third-order valence-electron chi connectivity index (χ3n) is 2.76. The zero-order chi connectivity index (χ0) is 15.4. The van der Waals surface area contributed by atoms with Crippen LogP contribution >= 0.6 is 15.9 Å². The first-order chi connectivity index (χ1) is 9.97. The lowest BCUT2D eigenvalue weighted by atomic mass is 10.1. The highest BCUT2D eigenvalue weighted by Gasteiger charge is 2.22. The van der Waals surface area contributed by atoms with Crippen LogP contribution in [0.3, 0.4) is 0 Å². The third-order valence-corrected chi connectivity index (χ3v) is 3.41. The molecule has 1 amide bonds. The number of imidazole rings is 1. The van der Waals surface area contributed by atoms with Crippen molar-refractivity contribution in [1.82, 2.24) is 15.3 Å². The van der Waals surface area contributed by atoms with E-state index < -0.39 is 23.7 Å². The Bertz CT molecular complexity index is 661. The first-order valence-electron chi connectivity index (χ1n) is 5.93. The van der Waals surface area contributed by atoms with Crippen molar-refractivity contribution < 1.29 is 19.1 Å². The summed E-state index contributed by atoms with van der Waals surface area (Å²) in [7, 11) is 0. The molecule has 0 fully saturated rings. The van der Waals surface area contributed by atoms with Crippen LogP contribution in [0.5, 0.6) is 0 Å². The number of hydrogen-bond donors (Lipinski definition) is 3. The van der Waals surface area contributed by atoms with Crippen molar-refractivity contribution in [3.63, 3.8) is 0 Å². The molecule has 0 radical (unpaired) electrons. The van der Waals surface area contributed by atoms with Gasteiger partial charge in [-0.3, -0.25) is 4.79 Å². The first kappa shape index (κ1) is 15.2. The maximum Gasteiger partial charge on any atom is 0.326 e. The molecule has 2 aromatic rings. The summed E-state index contributed by atoms with van der Waals surface area (Å²) in [5.74, 6) is -2.44. The van der Waals surface area contributed by atoms with Crippen LogP contribution in [0.4, 0.5) is 4.39 Å². The number of carboxylic acid groups (broad SMARTS) is 1. The average Bonchev–Trinajstić information content (AvgIpc) is 2.93. The van der Waals surface area contributed by atoms with Gasteiger partial charge in [-0.05, 0) is 34.1 Å². The van der Waals surface area contributed by atoms with Gasteiger partial charge >= 0.3 is 5.97 Å². The highest BCUT2D eigenvalue weighted by Crippen LogP contribution is 2.16. The lowest BCUT2D eigenvalue weighted by molar-refractivity contribution is -0.139. The van der Waals surface area contributed by atoms with Crippen molar-refractivity contribution in [2.45, 2.75) is 12.5 Å². The van der Waals surface area contributed by atoms with Gasteiger partial charge in [0.2, 0.25) is 0 Å². The molecule has 0 saturated carbocycles. The molecule has 8 heteroatoms. The number of benzene rings is 1. The number of aromatic nitrogens is 2. The van der Waals surface area contributed by atoms with E-state index in [1.54, 1.807) is 0 Å². The summed E-state index contributed by atoms with van der Waals surface area (Å²) in [6, 6.07) is 2.69. The fraction of sp³-hybridized carbons (Fsp3) is 0.154. The number of nitrogens with one attached hydrogen (secondary N) is 2. The maximum absolute atomic E-state index is 13.4. The third kappa shape index (κ3) is 3.88. The Hall–Kier alpha value is -2.22. The van der Waals surface area contributed by atoms with Crippen LogP contribution in [-0.2, 0) is 11.2 Å². The Morgan fingerprint density at radius 3 is 2.81 bits per heavy atom. The van der Waals surface area contributed by atoms with Gasteiger partial charge in [-0.1, -0.05) is 0 Å². The van der Waals surface area contributed by atoms with E-state index in [1.165, 1.54) is 24.7 Å². The van der Waals surface area contributed by atoms with Gasteiger partial charge in [-0.15, -0.1) is 0 Å². The van der Waals surface area contributed by atoms with Crippen molar-refractivity contribution >= 4 is 27.8 Å². The van der Waals surface area contributed by atoms with Gasteiger partial charge in [-0.25, -0.2) is 14.2 Å². The summed E-state index contributed by atoms with van der Waals surface area (Å²) in [6.45, 7) is 0. The summed E-state index contributed by atoms with van der Waals surface area (Å²) in [4.78, 5) is 29.7. The number of nitrogens with zero attached hydrogens (tertiary/aromatic N) is 1. The van der Waals surface area contributed by atoms with Crippen molar-refractivity contribution in [3.05, 3.63) is 52.3 Å². The molecule has 1 atom stereocenters. The van der Waals surface area contributed by atoms with Gasteiger partial charge < -0.3 is 15.4 Å². The molecule has 0 unspecified atom stereocenters. The second-order valence-electron chi connectivity index (χ2n) is 4.27. The number of hydrogen-bond acceptors (Lipinski definition) is 3. The summed E-state index contributed by atoms with van der Waals surface area (Å²) in [6.07, 6.45) is 2.95. The molecule has 1 heterocycles. The molecular weight excluding hydrogens is 345 g/mol. The molecule has 0 saturated heterocycles. The van der Waals surface area contributed by atoms with Crippen LogP contribution in [0.15, 0.2) is 35.2 Å². The molecule has 0 aliphatic rings. The van der Waals surface area contributed by atoms with Gasteiger partial charge in [0.05, 0.1) is 10.8 Å². The van der Waals surface area contributed by atoms with Gasteiger partial charge in [0.25, 0.3) is 5.91 Å². The van der Waals surface area contributed by atoms with Crippen molar-refractivity contribution in [3.8, 4) is 0 Å². The van der Waals surface area contributed by atoms with E-state index in [0.29, 0.717) is 5.69 Å². The smallest absolute Gasteiger partial charge is 0.326 e. The molecule has 0 aliphatic heterocycles. The Morgan fingerprint density at radius 1 is 1.48 bits per heavy atom. The molecule has 6 nitrogen and oxygen atoms in total. The number of halogens is 2. The fourth-order valence-electron chi connectivity index (χ4n) is 1.70. The average molecular weight is 356 g/mol. The molecular formula is C13H11BrFN3O3. The number of aliphatic carboxylic acids is 1. The number of aromatic amines is 1. The van der Waals surface area contributed by atoms with Crippen LogP contribution in [0.1, 0.15) is 16.1 Å². The largest absolute Gasteiger partial charge is 0.480 e. The van der Waals surface area contributed by atoms with Crippen LogP contribution < -0.4 is 5.32 Å². The molecule has 3 N–H and O–H groups in total. The SMILES string of the molecule is O=C(N[C@H](Cc1cnc[nH]1)C(=O)O)c1ccc(Br)c(F)c1. The normalized spacial score (nSPS) is 11.9. The van der Waals surface area contributed by atoms with E-state index in [-0.39, 0.29) is 16.5 Å². The standard InChI is InChI=1S/C13H11BrFN3O3/c14-9-2-1-7(3-10(9)15)12(19)18-11(13(20)21)4-8-5-16-6-17-8/h1-3,5-6,11H,4H2,(H,16,17)(H,18,19)(H,20,21)/t11-/m1/s1. The number of amides is 1. The predicted octanol–water partition coefficient (Wildman–Crippen LogP) is 1.74. The Balaban J connectivity index is 2.10. The Labute approximate surface area is 127 Å². The Morgan fingerprint density at radius 2 is 2.24 bits per heavy atom. The number of carboxylic acids is 1. The molecule has 110 valence electrons. The van der Waals surface area contributed by atoms with Crippen molar-refractivity contribution in [1.29, 1.82) is 0 Å². The quantitative estimate of drug-likeness (QED) is 0.761. The number of rotatable bonds is 5.